The number of para-hydroxylation sites is 1. The van der Waals surface area contributed by atoms with E-state index in [0.717, 1.165) is 31.7 Å². The standard InChI is InChI=1S/C15H24N2O2/c1-17(13(10-16)15-8-5-9-19-15)11-12-6-3-4-7-14(12)18-2/h3-4,6-7,13,15H,5,8-11,16H2,1-2H3. The van der Waals surface area contributed by atoms with E-state index in [-0.39, 0.29) is 12.1 Å². The van der Waals surface area contributed by atoms with Crippen molar-refractivity contribution in [3.05, 3.63) is 29.8 Å². The van der Waals surface area contributed by atoms with E-state index in [2.05, 4.69) is 18.0 Å². The van der Waals surface area contributed by atoms with Gasteiger partial charge in [0, 0.05) is 31.3 Å². The van der Waals surface area contributed by atoms with Gasteiger partial charge in [-0.25, -0.2) is 0 Å². The number of likely N-dealkylation sites (N-methyl/N-ethyl adjacent to an activating group) is 1. The van der Waals surface area contributed by atoms with Gasteiger partial charge in [-0.3, -0.25) is 4.90 Å². The van der Waals surface area contributed by atoms with Crippen molar-refractivity contribution in [1.29, 1.82) is 0 Å². The van der Waals surface area contributed by atoms with Crippen molar-refractivity contribution in [2.24, 2.45) is 5.73 Å². The van der Waals surface area contributed by atoms with Crippen LogP contribution in [0.25, 0.3) is 0 Å². The molecule has 1 saturated heterocycles. The maximum atomic E-state index is 5.92. The van der Waals surface area contributed by atoms with Gasteiger partial charge in [0.25, 0.3) is 0 Å². The Hall–Kier alpha value is -1.10. The van der Waals surface area contributed by atoms with Crippen LogP contribution < -0.4 is 10.5 Å². The highest BCUT2D eigenvalue weighted by Gasteiger charge is 2.28. The number of hydrogen-bond acceptors (Lipinski definition) is 4. The molecule has 1 aliphatic heterocycles. The minimum atomic E-state index is 0.268. The van der Waals surface area contributed by atoms with Crippen LogP contribution in [-0.4, -0.2) is 44.4 Å². The number of rotatable bonds is 6. The summed E-state index contributed by atoms with van der Waals surface area (Å²) in [6.07, 6.45) is 2.52. The molecule has 106 valence electrons. The summed E-state index contributed by atoms with van der Waals surface area (Å²) in [7, 11) is 3.81. The molecule has 2 atom stereocenters. The lowest BCUT2D eigenvalue weighted by Crippen LogP contribution is -2.45. The predicted octanol–water partition coefficient (Wildman–Crippen LogP) is 1.63. The Bertz CT molecular complexity index is 391. The zero-order valence-electron chi connectivity index (χ0n) is 11.8. The van der Waals surface area contributed by atoms with E-state index in [4.69, 9.17) is 15.2 Å². The molecule has 2 unspecified atom stereocenters. The molecule has 0 aliphatic carbocycles. The van der Waals surface area contributed by atoms with Gasteiger partial charge >= 0.3 is 0 Å². The molecule has 1 aliphatic rings. The molecule has 1 fully saturated rings. The summed E-state index contributed by atoms with van der Waals surface area (Å²) in [6, 6.07) is 8.38. The van der Waals surface area contributed by atoms with Gasteiger partial charge in [0.05, 0.1) is 13.2 Å². The number of ether oxygens (including phenoxy) is 2. The van der Waals surface area contributed by atoms with Crippen molar-refractivity contribution in [3.63, 3.8) is 0 Å². The molecule has 4 nitrogen and oxygen atoms in total. The maximum absolute atomic E-state index is 5.92. The van der Waals surface area contributed by atoms with Crippen LogP contribution in [0.4, 0.5) is 0 Å². The minimum absolute atomic E-state index is 0.268. The lowest BCUT2D eigenvalue weighted by Gasteiger charge is -2.31. The van der Waals surface area contributed by atoms with E-state index in [1.807, 2.05) is 18.2 Å². The van der Waals surface area contributed by atoms with E-state index in [1.54, 1.807) is 7.11 Å². The lowest BCUT2D eigenvalue weighted by molar-refractivity contribution is 0.0344. The molecule has 0 radical (unpaired) electrons. The van der Waals surface area contributed by atoms with Crippen LogP contribution >= 0.6 is 0 Å². The molecule has 2 rings (SSSR count). The Balaban J connectivity index is 2.03. The van der Waals surface area contributed by atoms with E-state index < -0.39 is 0 Å². The highest BCUT2D eigenvalue weighted by Crippen LogP contribution is 2.23. The fraction of sp³-hybridized carbons (Fsp3) is 0.600. The maximum Gasteiger partial charge on any atom is 0.123 e. The van der Waals surface area contributed by atoms with E-state index in [1.165, 1.54) is 5.56 Å². The lowest BCUT2D eigenvalue weighted by atomic mass is 10.1. The van der Waals surface area contributed by atoms with Crippen LogP contribution in [0.2, 0.25) is 0 Å². The van der Waals surface area contributed by atoms with Crippen molar-refractivity contribution in [2.75, 3.05) is 27.3 Å². The zero-order chi connectivity index (χ0) is 13.7. The van der Waals surface area contributed by atoms with Crippen LogP contribution in [0.15, 0.2) is 24.3 Å². The summed E-state index contributed by atoms with van der Waals surface area (Å²) in [5.41, 5.74) is 7.11. The topological polar surface area (TPSA) is 47.7 Å². The first kappa shape index (κ1) is 14.3. The van der Waals surface area contributed by atoms with Gasteiger partial charge < -0.3 is 15.2 Å². The Labute approximate surface area is 115 Å². The Morgan fingerprint density at radius 1 is 1.47 bits per heavy atom. The number of nitrogens with two attached hydrogens (primary N) is 1. The largest absolute Gasteiger partial charge is 0.496 e. The number of nitrogens with zero attached hydrogens (tertiary/aromatic N) is 1. The number of benzene rings is 1. The number of methoxy groups -OCH3 is 1. The second-order valence-electron chi connectivity index (χ2n) is 5.08. The van der Waals surface area contributed by atoms with Crippen molar-refractivity contribution in [1.82, 2.24) is 4.90 Å². The third-order valence-corrected chi connectivity index (χ3v) is 3.81. The Morgan fingerprint density at radius 2 is 2.26 bits per heavy atom. The quantitative estimate of drug-likeness (QED) is 0.848. The molecule has 1 aromatic rings. The normalized spacial score (nSPS) is 20.7. The first-order chi connectivity index (χ1) is 9.26. The molecular weight excluding hydrogens is 240 g/mol. The summed E-state index contributed by atoms with van der Waals surface area (Å²) in [5, 5.41) is 0. The van der Waals surface area contributed by atoms with E-state index >= 15 is 0 Å². The van der Waals surface area contributed by atoms with Gasteiger partial charge in [-0.1, -0.05) is 18.2 Å². The summed E-state index contributed by atoms with van der Waals surface area (Å²) < 4.78 is 11.2. The number of hydrogen-bond donors (Lipinski definition) is 1. The Kier molecular flexibility index (Phi) is 5.19. The third kappa shape index (κ3) is 3.47. The average Bonchev–Trinajstić information content (AvgIpc) is 2.94. The first-order valence-electron chi connectivity index (χ1n) is 6.90. The van der Waals surface area contributed by atoms with Crippen molar-refractivity contribution in [3.8, 4) is 5.75 Å². The van der Waals surface area contributed by atoms with Gasteiger partial charge in [-0.15, -0.1) is 0 Å². The first-order valence-corrected chi connectivity index (χ1v) is 6.90. The smallest absolute Gasteiger partial charge is 0.123 e. The van der Waals surface area contributed by atoms with Crippen molar-refractivity contribution < 1.29 is 9.47 Å². The predicted molar refractivity (Wildman–Crippen MR) is 76.3 cm³/mol. The molecule has 0 aromatic heterocycles. The summed E-state index contributed by atoms with van der Waals surface area (Å²) in [6.45, 7) is 2.31. The zero-order valence-corrected chi connectivity index (χ0v) is 11.8. The van der Waals surface area contributed by atoms with Crippen molar-refractivity contribution >= 4 is 0 Å². The molecular formula is C15H24N2O2. The van der Waals surface area contributed by atoms with Crippen LogP contribution in [0.5, 0.6) is 5.75 Å². The fourth-order valence-corrected chi connectivity index (χ4v) is 2.74. The fourth-order valence-electron chi connectivity index (χ4n) is 2.74. The van der Waals surface area contributed by atoms with Gasteiger partial charge in [0.15, 0.2) is 0 Å². The van der Waals surface area contributed by atoms with Gasteiger partial charge in [-0.05, 0) is 26.0 Å². The molecule has 4 heteroatoms. The summed E-state index contributed by atoms with van der Waals surface area (Å²) >= 11 is 0. The van der Waals surface area contributed by atoms with Crippen LogP contribution in [0, 0.1) is 0 Å². The van der Waals surface area contributed by atoms with Crippen molar-refractivity contribution in [2.45, 2.75) is 31.5 Å². The summed E-state index contributed by atoms with van der Waals surface area (Å²) in [5.74, 6) is 0.928. The molecule has 0 spiro atoms. The molecule has 0 bridgehead atoms. The SMILES string of the molecule is COc1ccccc1CN(C)C(CN)C1CCCO1. The molecule has 0 saturated carbocycles. The second kappa shape index (κ2) is 6.89. The summed E-state index contributed by atoms with van der Waals surface area (Å²) in [4.78, 5) is 2.27. The van der Waals surface area contributed by atoms with Gasteiger partial charge in [-0.2, -0.15) is 0 Å². The molecule has 1 heterocycles. The molecule has 19 heavy (non-hydrogen) atoms. The van der Waals surface area contributed by atoms with E-state index in [9.17, 15) is 0 Å². The van der Waals surface area contributed by atoms with Crippen LogP contribution in [0.1, 0.15) is 18.4 Å². The average molecular weight is 264 g/mol. The highest BCUT2D eigenvalue weighted by molar-refractivity contribution is 5.33. The van der Waals surface area contributed by atoms with Gasteiger partial charge in [0.2, 0.25) is 0 Å². The van der Waals surface area contributed by atoms with E-state index in [0.29, 0.717) is 6.54 Å². The minimum Gasteiger partial charge on any atom is -0.496 e. The molecule has 0 amide bonds. The third-order valence-electron chi connectivity index (χ3n) is 3.81. The second-order valence-corrected chi connectivity index (χ2v) is 5.08. The monoisotopic (exact) mass is 264 g/mol. The Morgan fingerprint density at radius 3 is 2.89 bits per heavy atom. The highest BCUT2D eigenvalue weighted by atomic mass is 16.5. The van der Waals surface area contributed by atoms with Crippen LogP contribution in [0.3, 0.4) is 0 Å². The molecule has 1 aromatic carbocycles. The molecule has 2 N–H and O–H groups in total. The van der Waals surface area contributed by atoms with Crippen LogP contribution in [-0.2, 0) is 11.3 Å². The van der Waals surface area contributed by atoms with Gasteiger partial charge in [0.1, 0.15) is 5.75 Å².